The Morgan fingerprint density at radius 2 is 1.78 bits per heavy atom. The van der Waals surface area contributed by atoms with Crippen LogP contribution in [0.5, 0.6) is 17.2 Å². The summed E-state index contributed by atoms with van der Waals surface area (Å²) in [5, 5.41) is 9.38. The van der Waals surface area contributed by atoms with Crippen LogP contribution in [0.1, 0.15) is 19.3 Å². The molecule has 0 saturated carbocycles. The monoisotopic (exact) mass is 324 g/mol. The molecule has 1 aromatic heterocycles. The number of ether oxygens (including phenoxy) is 1. The molecule has 0 spiro atoms. The standard InChI is InChI=1S/C16H15F3N2O2/c17-12-14(23-11-6-4-5-10(22)9-11)13(18)16(20-15(12)19)21-7-2-1-3-8-21/h4-6,9,22H,1-3,7-8H2. The summed E-state index contributed by atoms with van der Waals surface area (Å²) >= 11 is 0. The zero-order chi connectivity index (χ0) is 16.4. The lowest BCUT2D eigenvalue weighted by Crippen LogP contribution is -2.31. The molecule has 2 heterocycles. The number of piperidine rings is 1. The first-order valence-electron chi connectivity index (χ1n) is 7.32. The zero-order valence-corrected chi connectivity index (χ0v) is 12.2. The van der Waals surface area contributed by atoms with E-state index >= 15 is 0 Å². The normalized spacial score (nSPS) is 14.8. The van der Waals surface area contributed by atoms with E-state index in [1.807, 2.05) is 0 Å². The second-order valence-corrected chi connectivity index (χ2v) is 5.33. The number of pyridine rings is 1. The molecule has 1 aliphatic heterocycles. The number of anilines is 1. The van der Waals surface area contributed by atoms with Gasteiger partial charge in [-0.15, -0.1) is 0 Å². The minimum Gasteiger partial charge on any atom is -0.508 e. The molecule has 7 heteroatoms. The molecule has 0 unspecified atom stereocenters. The molecule has 122 valence electrons. The van der Waals surface area contributed by atoms with Crippen molar-refractivity contribution >= 4 is 5.82 Å². The molecular weight excluding hydrogens is 309 g/mol. The average Bonchev–Trinajstić information content (AvgIpc) is 2.56. The Morgan fingerprint density at radius 1 is 1.04 bits per heavy atom. The maximum Gasteiger partial charge on any atom is 0.255 e. The lowest BCUT2D eigenvalue weighted by atomic mass is 10.1. The van der Waals surface area contributed by atoms with E-state index in [0.29, 0.717) is 13.1 Å². The zero-order valence-electron chi connectivity index (χ0n) is 12.2. The van der Waals surface area contributed by atoms with E-state index in [1.165, 1.54) is 24.3 Å². The molecule has 0 amide bonds. The minimum absolute atomic E-state index is 0.00186. The molecule has 2 aromatic rings. The maximum atomic E-state index is 14.6. The highest BCUT2D eigenvalue weighted by molar-refractivity contribution is 5.48. The topological polar surface area (TPSA) is 45.6 Å². The molecule has 3 rings (SSSR count). The van der Waals surface area contributed by atoms with E-state index in [2.05, 4.69) is 4.98 Å². The number of aromatic hydroxyl groups is 1. The highest BCUT2D eigenvalue weighted by Gasteiger charge is 2.26. The van der Waals surface area contributed by atoms with Gasteiger partial charge in [-0.05, 0) is 31.4 Å². The number of halogens is 3. The highest BCUT2D eigenvalue weighted by Crippen LogP contribution is 2.35. The third kappa shape index (κ3) is 3.18. The minimum atomic E-state index is -1.49. The van der Waals surface area contributed by atoms with Gasteiger partial charge >= 0.3 is 0 Å². The molecule has 0 bridgehead atoms. The van der Waals surface area contributed by atoms with Crippen molar-refractivity contribution in [1.82, 2.24) is 4.98 Å². The summed E-state index contributed by atoms with van der Waals surface area (Å²) in [7, 11) is 0. The number of phenols is 1. The Bertz CT molecular complexity index is 719. The third-order valence-corrected chi connectivity index (χ3v) is 3.67. The van der Waals surface area contributed by atoms with Gasteiger partial charge in [-0.25, -0.2) is 0 Å². The van der Waals surface area contributed by atoms with Gasteiger partial charge in [0.25, 0.3) is 5.95 Å². The Morgan fingerprint density at radius 3 is 2.48 bits per heavy atom. The van der Waals surface area contributed by atoms with Gasteiger partial charge in [0.05, 0.1) is 0 Å². The first-order chi connectivity index (χ1) is 11.1. The van der Waals surface area contributed by atoms with Crippen LogP contribution in [0, 0.1) is 17.6 Å². The molecule has 1 aromatic carbocycles. The summed E-state index contributed by atoms with van der Waals surface area (Å²) < 4.78 is 47.4. The second-order valence-electron chi connectivity index (χ2n) is 5.33. The molecule has 1 fully saturated rings. The SMILES string of the molecule is Oc1cccc(Oc2c(F)c(F)nc(N3CCCCC3)c2F)c1. The summed E-state index contributed by atoms with van der Waals surface area (Å²) in [5.41, 5.74) is 0. The Kier molecular flexibility index (Phi) is 4.27. The maximum absolute atomic E-state index is 14.6. The van der Waals surface area contributed by atoms with Crippen molar-refractivity contribution in [2.75, 3.05) is 18.0 Å². The van der Waals surface area contributed by atoms with Crippen molar-refractivity contribution < 1.29 is 23.0 Å². The number of phenolic OH excluding ortho intramolecular Hbond substituents is 1. The fourth-order valence-corrected chi connectivity index (χ4v) is 2.55. The van der Waals surface area contributed by atoms with Crippen LogP contribution in [0.2, 0.25) is 0 Å². The molecule has 1 aliphatic rings. The summed E-state index contributed by atoms with van der Waals surface area (Å²) in [4.78, 5) is 4.98. The van der Waals surface area contributed by atoms with E-state index in [9.17, 15) is 18.3 Å². The number of nitrogens with zero attached hydrogens (tertiary/aromatic N) is 2. The largest absolute Gasteiger partial charge is 0.508 e. The van der Waals surface area contributed by atoms with Gasteiger partial charge in [0, 0.05) is 19.2 Å². The fourth-order valence-electron chi connectivity index (χ4n) is 2.55. The third-order valence-electron chi connectivity index (χ3n) is 3.67. The van der Waals surface area contributed by atoms with Gasteiger partial charge in [0.1, 0.15) is 11.5 Å². The van der Waals surface area contributed by atoms with Crippen molar-refractivity contribution in [2.45, 2.75) is 19.3 Å². The van der Waals surface area contributed by atoms with Crippen LogP contribution in [-0.2, 0) is 0 Å². The van der Waals surface area contributed by atoms with Crippen LogP contribution in [0.25, 0.3) is 0 Å². The molecule has 1 N–H and O–H groups in total. The average molecular weight is 324 g/mol. The van der Waals surface area contributed by atoms with Crippen LogP contribution in [0.15, 0.2) is 24.3 Å². The molecule has 0 radical (unpaired) electrons. The molecule has 0 aliphatic carbocycles. The van der Waals surface area contributed by atoms with Crippen molar-refractivity contribution in [3.63, 3.8) is 0 Å². The number of benzene rings is 1. The summed E-state index contributed by atoms with van der Waals surface area (Å²) in [5.74, 6) is -5.20. The number of hydrogen-bond acceptors (Lipinski definition) is 4. The van der Waals surface area contributed by atoms with Crippen LogP contribution in [0.3, 0.4) is 0 Å². The van der Waals surface area contributed by atoms with Crippen LogP contribution in [0.4, 0.5) is 19.0 Å². The van der Waals surface area contributed by atoms with Crippen LogP contribution in [-0.4, -0.2) is 23.2 Å². The highest BCUT2D eigenvalue weighted by atomic mass is 19.2. The first-order valence-corrected chi connectivity index (χ1v) is 7.32. The molecule has 0 atom stereocenters. The van der Waals surface area contributed by atoms with Gasteiger partial charge < -0.3 is 14.7 Å². The predicted octanol–water partition coefficient (Wildman–Crippen LogP) is 3.99. The quantitative estimate of drug-likeness (QED) is 0.867. The van der Waals surface area contributed by atoms with Gasteiger partial charge in [0.15, 0.2) is 5.82 Å². The predicted molar refractivity (Wildman–Crippen MR) is 78.4 cm³/mol. The molecule has 23 heavy (non-hydrogen) atoms. The molecular formula is C16H15F3N2O2. The van der Waals surface area contributed by atoms with Gasteiger partial charge in [-0.2, -0.15) is 18.2 Å². The Labute approximate surface area is 131 Å². The van der Waals surface area contributed by atoms with E-state index < -0.39 is 23.3 Å². The molecule has 4 nitrogen and oxygen atoms in total. The van der Waals surface area contributed by atoms with Crippen LogP contribution < -0.4 is 9.64 Å². The van der Waals surface area contributed by atoms with Crippen molar-refractivity contribution in [3.8, 4) is 17.2 Å². The van der Waals surface area contributed by atoms with Crippen molar-refractivity contribution in [3.05, 3.63) is 41.8 Å². The Hall–Kier alpha value is -2.44. The first kappa shape index (κ1) is 15.5. The van der Waals surface area contributed by atoms with Gasteiger partial charge in [-0.1, -0.05) is 6.07 Å². The van der Waals surface area contributed by atoms with Crippen LogP contribution >= 0.6 is 0 Å². The number of aromatic nitrogens is 1. The smallest absolute Gasteiger partial charge is 0.255 e. The number of hydrogen-bond donors (Lipinski definition) is 1. The van der Waals surface area contributed by atoms with Crippen molar-refractivity contribution in [1.29, 1.82) is 0 Å². The summed E-state index contributed by atoms with van der Waals surface area (Å²) in [6, 6.07) is 5.41. The second kappa shape index (κ2) is 6.36. The van der Waals surface area contributed by atoms with E-state index in [1.54, 1.807) is 4.90 Å². The van der Waals surface area contributed by atoms with E-state index in [4.69, 9.17) is 4.74 Å². The van der Waals surface area contributed by atoms with Gasteiger partial charge in [0.2, 0.25) is 17.4 Å². The summed E-state index contributed by atoms with van der Waals surface area (Å²) in [6.07, 6.45) is 2.68. The van der Waals surface area contributed by atoms with E-state index in [-0.39, 0.29) is 17.3 Å². The lowest BCUT2D eigenvalue weighted by molar-refractivity contribution is 0.371. The molecule has 1 saturated heterocycles. The lowest BCUT2D eigenvalue weighted by Gasteiger charge is -2.28. The fraction of sp³-hybridized carbons (Fsp3) is 0.312. The summed E-state index contributed by atoms with van der Waals surface area (Å²) in [6.45, 7) is 1.06. The number of rotatable bonds is 3. The van der Waals surface area contributed by atoms with Gasteiger partial charge in [-0.3, -0.25) is 0 Å². The Balaban J connectivity index is 1.99. The van der Waals surface area contributed by atoms with E-state index in [0.717, 1.165) is 19.3 Å². The van der Waals surface area contributed by atoms with Crippen molar-refractivity contribution in [2.24, 2.45) is 0 Å².